The van der Waals surface area contributed by atoms with E-state index in [1.165, 1.54) is 0 Å². The Hall–Kier alpha value is 2.70. The Balaban J connectivity index is 0. The Morgan fingerprint density at radius 1 is 0.667 bits per heavy atom. The number of hydrogen-bond donors (Lipinski definition) is 0. The molecule has 0 saturated heterocycles. The minimum Gasteiger partial charge on any atom is -2.00 e. The van der Waals surface area contributed by atoms with Gasteiger partial charge in [0.15, 0.2) is 0 Å². The van der Waals surface area contributed by atoms with Crippen LogP contribution < -0.4 is 58.2 Å². The van der Waals surface area contributed by atoms with Crippen molar-refractivity contribution in [1.29, 1.82) is 0 Å². The van der Waals surface area contributed by atoms with E-state index >= 15 is 0 Å². The van der Waals surface area contributed by atoms with Crippen LogP contribution in [-0.2, 0) is 50.3 Å². The zero-order valence-electron chi connectivity index (χ0n) is 3.01. The molecule has 6 heteroatoms. The Bertz CT molecular complexity index is 10.8. The van der Waals surface area contributed by atoms with E-state index in [2.05, 4.69) is 0 Å². The summed E-state index contributed by atoms with van der Waals surface area (Å²) < 4.78 is 0. The molecule has 39 valence electrons. The average Bonchev–Trinajstić information content (AvgIpc) is 0. The van der Waals surface area contributed by atoms with Gasteiger partial charge in [-0.1, -0.05) is 0 Å². The third-order valence-corrected chi connectivity index (χ3v) is 0. The van der Waals surface area contributed by atoms with E-state index in [9.17, 15) is 0 Å². The molecular weight excluding hydrogens is 352 g/mol. The van der Waals surface area contributed by atoms with Crippen molar-refractivity contribution in [3.63, 3.8) is 0 Å². The van der Waals surface area contributed by atoms with Crippen LogP contribution in [-0.4, -0.2) is 0 Å². The first-order valence-electron chi connectivity index (χ1n) is 0. The maximum absolute atomic E-state index is 0. The fourth-order valence-electron chi connectivity index (χ4n) is 0. The van der Waals surface area contributed by atoms with Gasteiger partial charge in [0.1, 0.15) is 0 Å². The minimum atomic E-state index is 0. The van der Waals surface area contributed by atoms with Gasteiger partial charge < -0.3 is 29.9 Å². The summed E-state index contributed by atoms with van der Waals surface area (Å²) >= 11 is 0. The summed E-state index contributed by atoms with van der Waals surface area (Å²) in [5.41, 5.74) is 0. The summed E-state index contributed by atoms with van der Waals surface area (Å²) in [6.45, 7) is 0. The molecule has 6 heavy (non-hydrogen) atoms. The molecule has 0 aromatic carbocycles. The molecule has 0 unspecified atom stereocenters. The minimum absolute atomic E-state index is 0. The molecular formula is O3RbReS-7. The Morgan fingerprint density at radius 3 is 0.667 bits per heavy atom. The summed E-state index contributed by atoms with van der Waals surface area (Å²) in [6, 6.07) is 0. The van der Waals surface area contributed by atoms with Crippen LogP contribution in [0.3, 0.4) is 0 Å². The van der Waals surface area contributed by atoms with E-state index < -0.39 is 0 Å². The fraction of sp³-hybridized carbons (Fsp3) is 0. The molecule has 0 atom stereocenters. The van der Waals surface area contributed by atoms with Crippen molar-refractivity contribution >= 4 is 13.5 Å². The van der Waals surface area contributed by atoms with Gasteiger partial charge in [0, 0.05) is 20.4 Å². The summed E-state index contributed by atoms with van der Waals surface area (Å²) in [6.07, 6.45) is 0. The average molecular weight is 352 g/mol. The fourth-order valence-corrected chi connectivity index (χ4v) is 0. The molecule has 0 aliphatic carbocycles. The van der Waals surface area contributed by atoms with E-state index in [-0.39, 0.29) is 109 Å². The summed E-state index contributed by atoms with van der Waals surface area (Å²) in [4.78, 5) is 0. The van der Waals surface area contributed by atoms with Crippen LogP contribution in [0, 0.1) is 0 Å². The molecule has 0 bridgehead atoms. The predicted octanol–water partition coefficient (Wildman–Crippen LogP) is -3.36. The van der Waals surface area contributed by atoms with Crippen molar-refractivity contribution in [3.8, 4) is 0 Å². The second-order valence-electron chi connectivity index (χ2n) is 0. The normalized spacial score (nSPS) is 0. The van der Waals surface area contributed by atoms with E-state index in [4.69, 9.17) is 0 Å². The predicted molar refractivity (Wildman–Crippen MR) is 9.42 cm³/mol. The molecule has 0 aliphatic rings. The Kier molecular flexibility index (Phi) is 560. The molecule has 0 heterocycles. The Morgan fingerprint density at radius 2 is 0.667 bits per heavy atom. The van der Waals surface area contributed by atoms with Crippen molar-refractivity contribution in [1.82, 2.24) is 0 Å². The summed E-state index contributed by atoms with van der Waals surface area (Å²) in [7, 11) is 0. The monoisotopic (exact) mass is 352 g/mol. The molecule has 0 spiro atoms. The molecule has 0 fully saturated rings. The second-order valence-corrected chi connectivity index (χ2v) is 0. The zero-order chi connectivity index (χ0) is 0. The molecule has 0 aliphatic heterocycles. The smallest absolute Gasteiger partial charge is 1.00 e. The van der Waals surface area contributed by atoms with Gasteiger partial charge in [-0.3, -0.25) is 0 Å². The van der Waals surface area contributed by atoms with Crippen molar-refractivity contribution in [2.75, 3.05) is 0 Å². The topological polar surface area (TPSA) is 85.5 Å². The first-order valence-corrected chi connectivity index (χ1v) is 0. The van der Waals surface area contributed by atoms with Crippen molar-refractivity contribution < 1.29 is 95.0 Å². The van der Waals surface area contributed by atoms with Gasteiger partial charge in [-0.25, -0.2) is 0 Å². The molecule has 0 aromatic rings. The van der Waals surface area contributed by atoms with Crippen LogP contribution >= 0.6 is 0 Å². The largest absolute Gasteiger partial charge is 2.00 e. The van der Waals surface area contributed by atoms with Crippen molar-refractivity contribution in [2.24, 2.45) is 0 Å². The van der Waals surface area contributed by atoms with Crippen LogP contribution in [0.25, 0.3) is 0 Å². The van der Waals surface area contributed by atoms with Crippen LogP contribution in [0.1, 0.15) is 0 Å². The van der Waals surface area contributed by atoms with Crippen molar-refractivity contribution in [3.05, 3.63) is 0 Å². The molecule has 0 rings (SSSR count). The molecule has 0 aromatic heterocycles. The third-order valence-electron chi connectivity index (χ3n) is 0. The SMILES string of the molecule is [O-2].[O-2].[O-2].[Rb+].[Re].[S-2]. The van der Waals surface area contributed by atoms with Gasteiger partial charge in [-0.15, -0.1) is 0 Å². The maximum atomic E-state index is 0. The maximum Gasteiger partial charge on any atom is 1.00 e. The zero-order valence-corrected chi connectivity index (χ0v) is 11.5. The van der Waals surface area contributed by atoms with Gasteiger partial charge in [0.05, 0.1) is 0 Å². The quantitative estimate of drug-likeness (QED) is 0.437. The van der Waals surface area contributed by atoms with Gasteiger partial charge in [0.25, 0.3) is 0 Å². The molecule has 3 nitrogen and oxygen atoms in total. The standard InChI is InChI=1S/3O.Rb.Re.S/q3*-2;+1;;-2. The van der Waals surface area contributed by atoms with Gasteiger partial charge >= 0.3 is 58.2 Å². The third kappa shape index (κ3) is 29.9. The Labute approximate surface area is 106 Å². The van der Waals surface area contributed by atoms with Crippen LogP contribution in [0.5, 0.6) is 0 Å². The first-order chi connectivity index (χ1) is 0. The van der Waals surface area contributed by atoms with Gasteiger partial charge in [-0.05, 0) is 0 Å². The molecule has 1 radical (unpaired) electrons. The van der Waals surface area contributed by atoms with E-state index in [0.717, 1.165) is 0 Å². The van der Waals surface area contributed by atoms with Crippen molar-refractivity contribution in [2.45, 2.75) is 0 Å². The van der Waals surface area contributed by atoms with Crippen LogP contribution in [0.15, 0.2) is 0 Å². The van der Waals surface area contributed by atoms with E-state index in [1.54, 1.807) is 0 Å². The summed E-state index contributed by atoms with van der Waals surface area (Å²) in [5, 5.41) is 0. The first kappa shape index (κ1) is 70.8. The molecule has 0 N–H and O–H groups in total. The molecule has 0 saturated carbocycles. The van der Waals surface area contributed by atoms with E-state index in [0.29, 0.717) is 0 Å². The second kappa shape index (κ2) is 47.5. The van der Waals surface area contributed by atoms with Gasteiger partial charge in [-0.2, -0.15) is 0 Å². The number of rotatable bonds is 0. The molecule has 0 amide bonds. The summed E-state index contributed by atoms with van der Waals surface area (Å²) in [5.74, 6) is 0. The van der Waals surface area contributed by atoms with Gasteiger partial charge in [0.2, 0.25) is 0 Å². The number of hydrogen-bond acceptors (Lipinski definition) is 0. The van der Waals surface area contributed by atoms with Crippen LogP contribution in [0.4, 0.5) is 0 Å². The van der Waals surface area contributed by atoms with Crippen LogP contribution in [0.2, 0.25) is 0 Å². The van der Waals surface area contributed by atoms with E-state index in [1.807, 2.05) is 0 Å².